The van der Waals surface area contributed by atoms with Gasteiger partial charge in [-0.2, -0.15) is 0 Å². The monoisotopic (exact) mass is 377 g/mol. The molecule has 146 valence electrons. The van der Waals surface area contributed by atoms with Gasteiger partial charge < -0.3 is 19.9 Å². The van der Waals surface area contributed by atoms with E-state index in [2.05, 4.69) is 22.1 Å². The molecule has 3 aromatic rings. The molecule has 0 radical (unpaired) electrons. The zero-order chi connectivity index (χ0) is 20.1. The molecule has 0 saturated heterocycles. The summed E-state index contributed by atoms with van der Waals surface area (Å²) in [5, 5.41) is 6.38. The van der Waals surface area contributed by atoms with Crippen LogP contribution in [0, 0.1) is 13.8 Å². The van der Waals surface area contributed by atoms with Crippen LogP contribution in [0.1, 0.15) is 34.2 Å². The number of aryl methyl sites for hydroxylation is 1. The number of ether oxygens (including phenoxy) is 1. The molecule has 3 rings (SSSR count). The Kier molecular flexibility index (Phi) is 6.16. The van der Waals surface area contributed by atoms with E-state index < -0.39 is 0 Å². The van der Waals surface area contributed by atoms with Gasteiger partial charge in [-0.15, -0.1) is 0 Å². The van der Waals surface area contributed by atoms with E-state index in [4.69, 9.17) is 4.74 Å². The first-order valence-corrected chi connectivity index (χ1v) is 9.48. The highest BCUT2D eigenvalue weighted by Gasteiger charge is 2.17. The molecule has 0 aliphatic carbocycles. The molecule has 5 heteroatoms. The Hall–Kier alpha value is -3.05. The maximum absolute atomic E-state index is 13.0. The zero-order valence-corrected chi connectivity index (χ0v) is 16.9. The number of carbonyl (C=O) groups excluding carboxylic acids is 1. The quantitative estimate of drug-likeness (QED) is 0.639. The number of hydrogen-bond donors (Lipinski definition) is 2. The minimum Gasteiger partial charge on any atom is -0.497 e. The summed E-state index contributed by atoms with van der Waals surface area (Å²) in [7, 11) is 1.65. The van der Waals surface area contributed by atoms with Crippen molar-refractivity contribution in [1.82, 2.24) is 9.88 Å². The van der Waals surface area contributed by atoms with Crippen molar-refractivity contribution in [3.05, 3.63) is 77.1 Å². The lowest BCUT2D eigenvalue weighted by molar-refractivity contribution is 0.102. The maximum Gasteiger partial charge on any atom is 0.257 e. The topological polar surface area (TPSA) is 55.3 Å². The van der Waals surface area contributed by atoms with Gasteiger partial charge in [0.2, 0.25) is 0 Å². The molecule has 1 heterocycles. The molecule has 0 bridgehead atoms. The van der Waals surface area contributed by atoms with Gasteiger partial charge in [-0.25, -0.2) is 0 Å². The highest BCUT2D eigenvalue weighted by molar-refractivity contribution is 6.05. The maximum atomic E-state index is 13.0. The third-order valence-corrected chi connectivity index (χ3v) is 4.84. The number of carbonyl (C=O) groups is 1. The summed E-state index contributed by atoms with van der Waals surface area (Å²) in [6.07, 6.45) is 0. The molecule has 28 heavy (non-hydrogen) atoms. The molecular formula is C23H27N3O2. The average Bonchev–Trinajstić information content (AvgIpc) is 3.01. The average molecular weight is 377 g/mol. The van der Waals surface area contributed by atoms with Gasteiger partial charge in [0.05, 0.1) is 12.7 Å². The van der Waals surface area contributed by atoms with E-state index in [0.29, 0.717) is 5.56 Å². The van der Waals surface area contributed by atoms with E-state index in [1.165, 1.54) is 0 Å². The van der Waals surface area contributed by atoms with Crippen LogP contribution in [0.3, 0.4) is 0 Å². The van der Waals surface area contributed by atoms with Crippen LogP contribution in [-0.4, -0.2) is 24.1 Å². The Morgan fingerprint density at radius 3 is 2.46 bits per heavy atom. The molecule has 0 atom stereocenters. The van der Waals surface area contributed by atoms with E-state index in [1.54, 1.807) is 7.11 Å². The van der Waals surface area contributed by atoms with E-state index in [9.17, 15) is 4.79 Å². The van der Waals surface area contributed by atoms with Crippen LogP contribution in [0.5, 0.6) is 5.75 Å². The first kappa shape index (κ1) is 19.7. The number of anilines is 1. The minimum atomic E-state index is -0.100. The summed E-state index contributed by atoms with van der Waals surface area (Å²) in [5.41, 5.74) is 5.50. The van der Waals surface area contributed by atoms with Gasteiger partial charge in [-0.05, 0) is 62.4 Å². The highest BCUT2D eigenvalue weighted by atomic mass is 16.5. The lowest BCUT2D eigenvalue weighted by atomic mass is 10.1. The highest BCUT2D eigenvalue weighted by Crippen LogP contribution is 2.24. The lowest BCUT2D eigenvalue weighted by Crippen LogP contribution is -2.17. The van der Waals surface area contributed by atoms with Crippen LogP contribution in [0.15, 0.2) is 54.6 Å². The van der Waals surface area contributed by atoms with Crippen LogP contribution in [0.25, 0.3) is 5.69 Å². The van der Waals surface area contributed by atoms with Crippen LogP contribution in [0.4, 0.5) is 5.69 Å². The normalized spacial score (nSPS) is 10.7. The largest absolute Gasteiger partial charge is 0.497 e. The van der Waals surface area contributed by atoms with Crippen molar-refractivity contribution in [2.24, 2.45) is 0 Å². The third kappa shape index (κ3) is 4.10. The number of hydrogen-bond acceptors (Lipinski definition) is 3. The summed E-state index contributed by atoms with van der Waals surface area (Å²) in [6, 6.07) is 17.6. The van der Waals surface area contributed by atoms with Crippen LogP contribution >= 0.6 is 0 Å². The second-order valence-electron chi connectivity index (χ2n) is 6.71. The summed E-state index contributed by atoms with van der Waals surface area (Å²) < 4.78 is 7.32. The first-order valence-electron chi connectivity index (χ1n) is 9.48. The second-order valence-corrected chi connectivity index (χ2v) is 6.71. The number of nitrogens with one attached hydrogen (secondary N) is 2. The predicted octanol–water partition coefficient (Wildman–Crippen LogP) is 4.46. The van der Waals surface area contributed by atoms with E-state index in [1.807, 2.05) is 68.4 Å². The molecule has 2 aromatic carbocycles. The van der Waals surface area contributed by atoms with Crippen LogP contribution in [-0.2, 0) is 6.54 Å². The Morgan fingerprint density at radius 1 is 1.07 bits per heavy atom. The van der Waals surface area contributed by atoms with Crippen molar-refractivity contribution in [2.75, 3.05) is 19.0 Å². The van der Waals surface area contributed by atoms with E-state index in [0.717, 1.165) is 47.2 Å². The smallest absolute Gasteiger partial charge is 0.257 e. The molecule has 1 amide bonds. The number of amides is 1. The molecule has 0 spiro atoms. The molecule has 0 aliphatic heterocycles. The predicted molar refractivity (Wildman–Crippen MR) is 114 cm³/mol. The van der Waals surface area contributed by atoms with Crippen molar-refractivity contribution < 1.29 is 9.53 Å². The van der Waals surface area contributed by atoms with Gasteiger partial charge in [-0.1, -0.05) is 25.1 Å². The Balaban J connectivity index is 1.87. The van der Waals surface area contributed by atoms with Gasteiger partial charge >= 0.3 is 0 Å². The molecule has 0 unspecified atom stereocenters. The number of aromatic nitrogens is 1. The van der Waals surface area contributed by atoms with Crippen LogP contribution in [0.2, 0.25) is 0 Å². The fraction of sp³-hybridized carbons (Fsp3) is 0.261. The SMILES string of the molecule is CCNCc1ccccc1NC(=O)c1cc(C)n(-c2ccc(OC)cc2)c1C. The van der Waals surface area contributed by atoms with Crippen molar-refractivity contribution >= 4 is 11.6 Å². The number of methoxy groups -OCH3 is 1. The van der Waals surface area contributed by atoms with E-state index in [-0.39, 0.29) is 5.91 Å². The molecule has 2 N–H and O–H groups in total. The van der Waals surface area contributed by atoms with Crippen molar-refractivity contribution in [1.29, 1.82) is 0 Å². The van der Waals surface area contributed by atoms with Gasteiger partial charge in [-0.3, -0.25) is 4.79 Å². The molecule has 0 fully saturated rings. The summed E-state index contributed by atoms with van der Waals surface area (Å²) in [5.74, 6) is 0.707. The lowest BCUT2D eigenvalue weighted by Gasteiger charge is -2.12. The summed E-state index contributed by atoms with van der Waals surface area (Å²) in [6.45, 7) is 7.64. The fourth-order valence-electron chi connectivity index (χ4n) is 3.37. The molecule has 1 aromatic heterocycles. The minimum absolute atomic E-state index is 0.100. The van der Waals surface area contributed by atoms with Gasteiger partial charge in [0.25, 0.3) is 5.91 Å². The van der Waals surface area contributed by atoms with Gasteiger partial charge in [0.15, 0.2) is 0 Å². The standard InChI is InChI=1S/C23H27N3O2/c1-5-24-15-18-8-6-7-9-22(18)25-23(27)21-14-16(2)26(17(21)3)19-10-12-20(28-4)13-11-19/h6-14,24H,5,15H2,1-4H3,(H,25,27). The summed E-state index contributed by atoms with van der Waals surface area (Å²) >= 11 is 0. The van der Waals surface area contributed by atoms with Crippen molar-refractivity contribution in [2.45, 2.75) is 27.3 Å². The third-order valence-electron chi connectivity index (χ3n) is 4.84. The fourth-order valence-corrected chi connectivity index (χ4v) is 3.37. The number of nitrogens with zero attached hydrogens (tertiary/aromatic N) is 1. The Morgan fingerprint density at radius 2 is 1.79 bits per heavy atom. The first-order chi connectivity index (χ1) is 13.5. The number of rotatable bonds is 7. The van der Waals surface area contributed by atoms with Crippen molar-refractivity contribution in [3.63, 3.8) is 0 Å². The molecule has 5 nitrogen and oxygen atoms in total. The zero-order valence-electron chi connectivity index (χ0n) is 16.9. The Bertz CT molecular complexity index is 958. The summed E-state index contributed by atoms with van der Waals surface area (Å²) in [4.78, 5) is 13.0. The van der Waals surface area contributed by atoms with E-state index >= 15 is 0 Å². The molecule has 0 saturated carbocycles. The number of benzene rings is 2. The van der Waals surface area contributed by atoms with Gasteiger partial charge in [0.1, 0.15) is 5.75 Å². The van der Waals surface area contributed by atoms with Gasteiger partial charge in [0, 0.05) is 29.3 Å². The van der Waals surface area contributed by atoms with Crippen LogP contribution < -0.4 is 15.4 Å². The Labute approximate surface area is 166 Å². The molecular weight excluding hydrogens is 350 g/mol. The van der Waals surface area contributed by atoms with Crippen molar-refractivity contribution in [3.8, 4) is 11.4 Å². The number of para-hydroxylation sites is 1. The molecule has 0 aliphatic rings. The second kappa shape index (κ2) is 8.76.